The Hall–Kier alpha value is -2.05. The fraction of sp³-hybridized carbons (Fsp3) is 0.438. The molecule has 116 valence electrons. The van der Waals surface area contributed by atoms with Crippen molar-refractivity contribution in [2.45, 2.75) is 6.54 Å². The first-order chi connectivity index (χ1) is 10.9. The molecular weight excluding hydrogens is 276 g/mol. The second-order valence-electron chi connectivity index (χ2n) is 5.46. The lowest BCUT2D eigenvalue weighted by Crippen LogP contribution is -2.48. The Morgan fingerprint density at radius 1 is 1.00 bits per heavy atom. The molecule has 0 saturated carbocycles. The first-order valence-corrected chi connectivity index (χ1v) is 7.74. The number of nitrogens with zero attached hydrogens (tertiary/aromatic N) is 5. The molecule has 22 heavy (non-hydrogen) atoms. The zero-order chi connectivity index (χ0) is 15.0. The van der Waals surface area contributed by atoms with Gasteiger partial charge in [0.15, 0.2) is 0 Å². The van der Waals surface area contributed by atoms with Crippen molar-refractivity contribution in [2.24, 2.45) is 0 Å². The molecule has 1 aliphatic heterocycles. The number of rotatable bonds is 6. The molecule has 0 atom stereocenters. The van der Waals surface area contributed by atoms with Crippen LogP contribution in [0.3, 0.4) is 0 Å². The van der Waals surface area contributed by atoms with Gasteiger partial charge in [-0.3, -0.25) is 9.88 Å². The third-order valence-corrected chi connectivity index (χ3v) is 3.94. The maximum atomic E-state index is 4.12. The van der Waals surface area contributed by atoms with E-state index in [1.165, 1.54) is 5.56 Å². The molecule has 0 bridgehead atoms. The highest BCUT2D eigenvalue weighted by Crippen LogP contribution is 2.12. The van der Waals surface area contributed by atoms with Gasteiger partial charge in [0.2, 0.25) is 0 Å². The van der Waals surface area contributed by atoms with Crippen LogP contribution in [0.1, 0.15) is 5.56 Å². The van der Waals surface area contributed by atoms with Crippen molar-refractivity contribution in [3.05, 3.63) is 48.8 Å². The second kappa shape index (κ2) is 7.82. The minimum Gasteiger partial charge on any atom is -0.366 e. The van der Waals surface area contributed by atoms with Crippen LogP contribution in [0.2, 0.25) is 0 Å². The smallest absolute Gasteiger partial charge is 0.115 e. The Kier molecular flexibility index (Phi) is 5.28. The summed E-state index contributed by atoms with van der Waals surface area (Å²) in [4.78, 5) is 17.1. The highest BCUT2D eigenvalue weighted by Gasteiger charge is 2.16. The van der Waals surface area contributed by atoms with Crippen molar-refractivity contribution in [3.63, 3.8) is 0 Å². The predicted octanol–water partition coefficient (Wildman–Crippen LogP) is 0.783. The van der Waals surface area contributed by atoms with Gasteiger partial charge in [0.05, 0.1) is 18.1 Å². The summed E-state index contributed by atoms with van der Waals surface area (Å²) in [5, 5.41) is 3.48. The van der Waals surface area contributed by atoms with Gasteiger partial charge in [0.1, 0.15) is 6.33 Å². The molecule has 1 N–H and O–H groups in total. The average molecular weight is 298 g/mol. The van der Waals surface area contributed by atoms with Gasteiger partial charge in [-0.2, -0.15) is 0 Å². The standard InChI is InChI=1S/C16H22N6/c1-2-15(10-17-3-1)11-18-4-5-21-6-8-22(9-7-21)16-12-19-14-20-13-16/h1-3,10,12-14,18H,4-9,11H2. The molecule has 1 fully saturated rings. The molecule has 1 aliphatic rings. The zero-order valence-electron chi connectivity index (χ0n) is 12.7. The van der Waals surface area contributed by atoms with E-state index in [1.54, 1.807) is 12.5 Å². The molecule has 3 rings (SSSR count). The number of hydrogen-bond donors (Lipinski definition) is 1. The molecule has 6 heteroatoms. The lowest BCUT2D eigenvalue weighted by atomic mass is 10.3. The van der Waals surface area contributed by atoms with E-state index < -0.39 is 0 Å². The molecule has 1 saturated heterocycles. The maximum absolute atomic E-state index is 4.12. The second-order valence-corrected chi connectivity index (χ2v) is 5.46. The SMILES string of the molecule is c1cncc(CNCCN2CCN(c3cncnc3)CC2)c1. The summed E-state index contributed by atoms with van der Waals surface area (Å²) in [6.07, 6.45) is 9.07. The van der Waals surface area contributed by atoms with E-state index in [9.17, 15) is 0 Å². The molecule has 0 unspecified atom stereocenters. The predicted molar refractivity (Wildman–Crippen MR) is 86.6 cm³/mol. The number of nitrogens with one attached hydrogen (secondary N) is 1. The van der Waals surface area contributed by atoms with Gasteiger partial charge in [-0.15, -0.1) is 0 Å². The molecule has 0 amide bonds. The number of anilines is 1. The highest BCUT2D eigenvalue weighted by molar-refractivity contribution is 5.41. The molecule has 0 aliphatic carbocycles. The quantitative estimate of drug-likeness (QED) is 0.796. The minimum atomic E-state index is 0.884. The number of aromatic nitrogens is 3. The summed E-state index contributed by atoms with van der Waals surface area (Å²) >= 11 is 0. The zero-order valence-corrected chi connectivity index (χ0v) is 12.7. The van der Waals surface area contributed by atoms with Crippen LogP contribution in [0.4, 0.5) is 5.69 Å². The third kappa shape index (κ3) is 4.22. The topological polar surface area (TPSA) is 57.2 Å². The number of piperazine rings is 1. The van der Waals surface area contributed by atoms with Crippen molar-refractivity contribution in [1.82, 2.24) is 25.2 Å². The van der Waals surface area contributed by atoms with E-state index in [-0.39, 0.29) is 0 Å². The summed E-state index contributed by atoms with van der Waals surface area (Å²) in [7, 11) is 0. The lowest BCUT2D eigenvalue weighted by molar-refractivity contribution is 0.257. The van der Waals surface area contributed by atoms with E-state index in [2.05, 4.69) is 36.1 Å². The molecule has 0 radical (unpaired) electrons. The summed E-state index contributed by atoms with van der Waals surface area (Å²) < 4.78 is 0. The number of hydrogen-bond acceptors (Lipinski definition) is 6. The Bertz CT molecular complexity index is 539. The molecule has 2 aromatic rings. The van der Waals surface area contributed by atoms with E-state index in [0.29, 0.717) is 0 Å². The van der Waals surface area contributed by atoms with Crippen molar-refractivity contribution in [1.29, 1.82) is 0 Å². The minimum absolute atomic E-state index is 0.884. The van der Waals surface area contributed by atoms with Crippen LogP contribution in [0.5, 0.6) is 0 Å². The Morgan fingerprint density at radius 3 is 2.55 bits per heavy atom. The van der Waals surface area contributed by atoms with Crippen LogP contribution in [-0.4, -0.2) is 59.1 Å². The van der Waals surface area contributed by atoms with Crippen LogP contribution in [0.15, 0.2) is 43.2 Å². The van der Waals surface area contributed by atoms with Gasteiger partial charge < -0.3 is 10.2 Å². The largest absolute Gasteiger partial charge is 0.366 e. The summed E-state index contributed by atoms with van der Waals surface area (Å²) in [6.45, 7) is 7.22. The first kappa shape index (κ1) is 14.9. The van der Waals surface area contributed by atoms with E-state index in [4.69, 9.17) is 0 Å². The van der Waals surface area contributed by atoms with Gasteiger partial charge in [-0.1, -0.05) is 6.07 Å². The Morgan fingerprint density at radius 2 is 1.82 bits per heavy atom. The van der Waals surface area contributed by atoms with Gasteiger partial charge in [-0.05, 0) is 11.6 Å². The first-order valence-electron chi connectivity index (χ1n) is 7.74. The van der Waals surface area contributed by atoms with Crippen molar-refractivity contribution in [2.75, 3.05) is 44.2 Å². The summed E-state index contributed by atoms with van der Waals surface area (Å²) in [5.41, 5.74) is 2.35. The Balaban J connectivity index is 1.34. The van der Waals surface area contributed by atoms with Gasteiger partial charge in [0, 0.05) is 58.2 Å². The average Bonchev–Trinajstić information content (AvgIpc) is 2.61. The van der Waals surface area contributed by atoms with E-state index >= 15 is 0 Å². The van der Waals surface area contributed by atoms with Gasteiger partial charge >= 0.3 is 0 Å². The lowest BCUT2D eigenvalue weighted by Gasteiger charge is -2.35. The maximum Gasteiger partial charge on any atom is 0.115 e. The van der Waals surface area contributed by atoms with Crippen LogP contribution < -0.4 is 10.2 Å². The highest BCUT2D eigenvalue weighted by atomic mass is 15.3. The molecule has 0 spiro atoms. The fourth-order valence-electron chi connectivity index (χ4n) is 2.66. The van der Waals surface area contributed by atoms with Crippen molar-refractivity contribution in [3.8, 4) is 0 Å². The molecule has 2 aromatic heterocycles. The van der Waals surface area contributed by atoms with Crippen molar-refractivity contribution < 1.29 is 0 Å². The number of pyridine rings is 1. The summed E-state index contributed by atoms with van der Waals surface area (Å²) in [5.74, 6) is 0. The molecule has 0 aromatic carbocycles. The molecule has 3 heterocycles. The third-order valence-electron chi connectivity index (χ3n) is 3.94. The molecule has 6 nitrogen and oxygen atoms in total. The Labute approximate surface area is 131 Å². The fourth-order valence-corrected chi connectivity index (χ4v) is 2.66. The van der Waals surface area contributed by atoms with Gasteiger partial charge in [-0.25, -0.2) is 9.97 Å². The van der Waals surface area contributed by atoms with E-state index in [0.717, 1.165) is 51.5 Å². The van der Waals surface area contributed by atoms with Crippen LogP contribution >= 0.6 is 0 Å². The van der Waals surface area contributed by atoms with E-state index in [1.807, 2.05) is 24.7 Å². The normalized spacial score (nSPS) is 15.9. The monoisotopic (exact) mass is 298 g/mol. The van der Waals surface area contributed by atoms with Gasteiger partial charge in [0.25, 0.3) is 0 Å². The summed E-state index contributed by atoms with van der Waals surface area (Å²) in [6, 6.07) is 4.07. The molecular formula is C16H22N6. The van der Waals surface area contributed by atoms with Crippen LogP contribution in [0.25, 0.3) is 0 Å². The van der Waals surface area contributed by atoms with Crippen molar-refractivity contribution >= 4 is 5.69 Å². The van der Waals surface area contributed by atoms with Crippen LogP contribution in [-0.2, 0) is 6.54 Å². The van der Waals surface area contributed by atoms with Crippen LogP contribution in [0, 0.1) is 0 Å².